The largest absolute Gasteiger partial charge is 0.370 e. The molecular weight excluding hydrogens is 266 g/mol. The molecule has 1 amide bonds. The average molecular weight is 287 g/mol. The number of hydrogen-bond donors (Lipinski definition) is 2. The van der Waals surface area contributed by atoms with E-state index in [-0.39, 0.29) is 11.9 Å². The number of anilines is 1. The first-order valence-corrected chi connectivity index (χ1v) is 7.17. The molecule has 2 aromatic heterocycles. The number of nitrogens with zero attached hydrogens (tertiary/aromatic N) is 3. The van der Waals surface area contributed by atoms with Crippen LogP contribution in [0.1, 0.15) is 30.6 Å². The van der Waals surface area contributed by atoms with Crippen LogP contribution in [0.2, 0.25) is 0 Å². The van der Waals surface area contributed by atoms with Crippen LogP contribution in [-0.2, 0) is 6.54 Å². The smallest absolute Gasteiger partial charge is 0.253 e. The molecule has 2 heterocycles. The Morgan fingerprint density at radius 1 is 1.43 bits per heavy atom. The van der Waals surface area contributed by atoms with E-state index in [1.165, 1.54) is 0 Å². The Bertz CT molecular complexity index is 550. The van der Waals surface area contributed by atoms with Crippen molar-refractivity contribution in [2.45, 2.75) is 32.9 Å². The van der Waals surface area contributed by atoms with E-state index >= 15 is 0 Å². The average Bonchev–Trinajstić information content (AvgIpc) is 2.98. The summed E-state index contributed by atoms with van der Waals surface area (Å²) in [6.07, 6.45) is 6.22. The number of hydrogen-bond acceptors (Lipinski definition) is 4. The molecule has 1 unspecified atom stereocenters. The van der Waals surface area contributed by atoms with Gasteiger partial charge in [0.2, 0.25) is 0 Å². The van der Waals surface area contributed by atoms with Gasteiger partial charge in [0.25, 0.3) is 5.91 Å². The first-order valence-electron chi connectivity index (χ1n) is 7.17. The van der Waals surface area contributed by atoms with Crippen molar-refractivity contribution in [3.8, 4) is 0 Å². The van der Waals surface area contributed by atoms with Gasteiger partial charge in [-0.15, -0.1) is 0 Å². The molecule has 112 valence electrons. The molecule has 0 aliphatic heterocycles. The maximum absolute atomic E-state index is 12.1. The van der Waals surface area contributed by atoms with E-state index < -0.39 is 0 Å². The fourth-order valence-electron chi connectivity index (χ4n) is 1.93. The third kappa shape index (κ3) is 4.59. The Morgan fingerprint density at radius 2 is 2.29 bits per heavy atom. The summed E-state index contributed by atoms with van der Waals surface area (Å²) < 4.78 is 1.79. The third-order valence-corrected chi connectivity index (χ3v) is 2.98. The van der Waals surface area contributed by atoms with Gasteiger partial charge in [0.05, 0.1) is 12.1 Å². The van der Waals surface area contributed by atoms with Crippen molar-refractivity contribution in [1.29, 1.82) is 0 Å². The van der Waals surface area contributed by atoms with Gasteiger partial charge in [-0.3, -0.25) is 9.48 Å². The summed E-state index contributed by atoms with van der Waals surface area (Å²) in [5.74, 6) is 0.669. The highest BCUT2D eigenvalue weighted by molar-refractivity contribution is 5.94. The highest BCUT2D eigenvalue weighted by Gasteiger charge is 2.10. The normalized spacial score (nSPS) is 11.9. The van der Waals surface area contributed by atoms with Crippen molar-refractivity contribution in [1.82, 2.24) is 20.1 Å². The quantitative estimate of drug-likeness (QED) is 0.816. The Hall–Kier alpha value is -2.37. The monoisotopic (exact) mass is 287 g/mol. The number of carbonyl (C=O) groups is 1. The van der Waals surface area contributed by atoms with Crippen LogP contribution < -0.4 is 10.6 Å². The lowest BCUT2D eigenvalue weighted by Gasteiger charge is -2.14. The highest BCUT2D eigenvalue weighted by Crippen LogP contribution is 2.05. The zero-order valence-electron chi connectivity index (χ0n) is 12.4. The van der Waals surface area contributed by atoms with Gasteiger partial charge in [-0.05, 0) is 31.5 Å². The van der Waals surface area contributed by atoms with Gasteiger partial charge >= 0.3 is 0 Å². The Morgan fingerprint density at radius 3 is 2.90 bits per heavy atom. The van der Waals surface area contributed by atoms with E-state index in [1.54, 1.807) is 23.1 Å². The predicted molar refractivity (Wildman–Crippen MR) is 82.2 cm³/mol. The van der Waals surface area contributed by atoms with Crippen molar-refractivity contribution in [3.63, 3.8) is 0 Å². The second kappa shape index (κ2) is 7.42. The topological polar surface area (TPSA) is 71.8 Å². The minimum atomic E-state index is -0.121. The van der Waals surface area contributed by atoms with Crippen molar-refractivity contribution in [3.05, 3.63) is 42.4 Å². The van der Waals surface area contributed by atoms with Gasteiger partial charge in [0.1, 0.15) is 5.82 Å². The van der Waals surface area contributed by atoms with E-state index in [0.717, 1.165) is 18.8 Å². The summed E-state index contributed by atoms with van der Waals surface area (Å²) >= 11 is 0. The lowest BCUT2D eigenvalue weighted by Crippen LogP contribution is -2.35. The Labute approximate surface area is 124 Å². The summed E-state index contributed by atoms with van der Waals surface area (Å²) in [6.45, 7) is 5.56. The summed E-state index contributed by atoms with van der Waals surface area (Å²) in [4.78, 5) is 16.3. The first kappa shape index (κ1) is 15.0. The molecule has 0 aliphatic carbocycles. The lowest BCUT2D eigenvalue weighted by molar-refractivity contribution is 0.0935. The van der Waals surface area contributed by atoms with E-state index in [9.17, 15) is 4.79 Å². The summed E-state index contributed by atoms with van der Waals surface area (Å²) in [7, 11) is 0. The fourth-order valence-corrected chi connectivity index (χ4v) is 1.93. The number of amides is 1. The second-order valence-corrected chi connectivity index (χ2v) is 4.96. The van der Waals surface area contributed by atoms with E-state index in [2.05, 4.69) is 27.6 Å². The maximum Gasteiger partial charge on any atom is 0.253 e. The second-order valence-electron chi connectivity index (χ2n) is 4.96. The van der Waals surface area contributed by atoms with Gasteiger partial charge in [-0.1, -0.05) is 6.92 Å². The molecule has 2 aromatic rings. The molecule has 6 nitrogen and oxygen atoms in total. The molecule has 1 atom stereocenters. The molecule has 0 saturated carbocycles. The Balaban J connectivity index is 1.87. The summed E-state index contributed by atoms with van der Waals surface area (Å²) in [5, 5.41) is 10.2. The van der Waals surface area contributed by atoms with Gasteiger partial charge in [-0.25, -0.2) is 4.98 Å². The van der Waals surface area contributed by atoms with Crippen LogP contribution in [0.5, 0.6) is 0 Å². The molecule has 0 aromatic carbocycles. The van der Waals surface area contributed by atoms with Crippen LogP contribution >= 0.6 is 0 Å². The zero-order valence-corrected chi connectivity index (χ0v) is 12.4. The van der Waals surface area contributed by atoms with Crippen molar-refractivity contribution < 1.29 is 4.79 Å². The standard InChI is InChI=1S/C15H21N5O/c1-3-7-16-14-6-5-13(10-17-14)15(21)19-12(2)11-20-9-4-8-18-20/h4-6,8-10,12H,3,7,11H2,1-2H3,(H,16,17)(H,19,21). The number of aromatic nitrogens is 3. The fraction of sp³-hybridized carbons (Fsp3) is 0.400. The molecule has 6 heteroatoms. The minimum Gasteiger partial charge on any atom is -0.370 e. The van der Waals surface area contributed by atoms with E-state index in [1.807, 2.05) is 25.3 Å². The molecule has 0 saturated heterocycles. The number of pyridine rings is 1. The van der Waals surface area contributed by atoms with Gasteiger partial charge in [0, 0.05) is 31.2 Å². The van der Waals surface area contributed by atoms with Crippen LogP contribution in [0.4, 0.5) is 5.82 Å². The van der Waals surface area contributed by atoms with Gasteiger partial charge in [-0.2, -0.15) is 5.10 Å². The molecule has 0 fully saturated rings. The molecular formula is C15H21N5O. The van der Waals surface area contributed by atoms with E-state index in [0.29, 0.717) is 12.1 Å². The first-order chi connectivity index (χ1) is 10.2. The van der Waals surface area contributed by atoms with Gasteiger partial charge in [0.15, 0.2) is 0 Å². The molecule has 2 N–H and O–H groups in total. The van der Waals surface area contributed by atoms with Crippen LogP contribution in [-0.4, -0.2) is 33.3 Å². The molecule has 0 aliphatic rings. The van der Waals surface area contributed by atoms with Crippen LogP contribution in [0.3, 0.4) is 0 Å². The molecule has 0 spiro atoms. The number of carbonyl (C=O) groups excluding carboxylic acids is 1. The maximum atomic E-state index is 12.1. The zero-order chi connectivity index (χ0) is 15.1. The van der Waals surface area contributed by atoms with Crippen molar-refractivity contribution >= 4 is 11.7 Å². The van der Waals surface area contributed by atoms with Crippen LogP contribution in [0.15, 0.2) is 36.8 Å². The molecule has 21 heavy (non-hydrogen) atoms. The van der Waals surface area contributed by atoms with Crippen molar-refractivity contribution in [2.24, 2.45) is 0 Å². The highest BCUT2D eigenvalue weighted by atomic mass is 16.1. The third-order valence-electron chi connectivity index (χ3n) is 2.98. The van der Waals surface area contributed by atoms with E-state index in [4.69, 9.17) is 0 Å². The molecule has 0 bridgehead atoms. The summed E-state index contributed by atoms with van der Waals surface area (Å²) in [6, 6.07) is 5.46. The minimum absolute atomic E-state index is 0.00436. The number of rotatable bonds is 7. The number of nitrogens with one attached hydrogen (secondary N) is 2. The SMILES string of the molecule is CCCNc1ccc(C(=O)NC(C)Cn2cccn2)cn1. The Kier molecular flexibility index (Phi) is 5.31. The van der Waals surface area contributed by atoms with Crippen LogP contribution in [0.25, 0.3) is 0 Å². The predicted octanol–water partition coefficient (Wildman–Crippen LogP) is 1.92. The molecule has 2 rings (SSSR count). The molecule has 0 radical (unpaired) electrons. The summed E-state index contributed by atoms with van der Waals surface area (Å²) in [5.41, 5.74) is 0.560. The van der Waals surface area contributed by atoms with Crippen molar-refractivity contribution in [2.75, 3.05) is 11.9 Å². The van der Waals surface area contributed by atoms with Crippen LogP contribution in [0, 0.1) is 0 Å². The lowest BCUT2D eigenvalue weighted by atomic mass is 10.2. The van der Waals surface area contributed by atoms with Gasteiger partial charge < -0.3 is 10.6 Å².